The fraction of sp³-hybridized carbons (Fsp3) is 1.00. The summed E-state index contributed by atoms with van der Waals surface area (Å²) in [7, 11) is 0. The summed E-state index contributed by atoms with van der Waals surface area (Å²) in [4.78, 5) is 0. The van der Waals surface area contributed by atoms with E-state index in [0.717, 1.165) is 0 Å². The molecule has 0 spiro atoms. The van der Waals surface area contributed by atoms with Crippen molar-refractivity contribution in [1.82, 2.24) is 0 Å². The topological polar surface area (TPSA) is 26.0 Å². The summed E-state index contributed by atoms with van der Waals surface area (Å²) in [5.41, 5.74) is 3.76. The minimum absolute atomic E-state index is 0.0355. The lowest BCUT2D eigenvalue weighted by molar-refractivity contribution is -0.308. The van der Waals surface area contributed by atoms with E-state index in [2.05, 4.69) is 5.73 Å². The van der Waals surface area contributed by atoms with Crippen LogP contribution in [0.25, 0.3) is 0 Å². The van der Waals surface area contributed by atoms with Gasteiger partial charge in [-0.3, -0.25) is 5.73 Å². The molecule has 0 rings (SSSR count). The molecule has 22 heavy (non-hydrogen) atoms. The van der Waals surface area contributed by atoms with Crippen molar-refractivity contribution in [1.29, 1.82) is 0 Å². The first-order valence-electron chi connectivity index (χ1n) is 6.70. The number of alkyl halides is 9. The van der Waals surface area contributed by atoms with Gasteiger partial charge in [-0.2, -0.15) is 39.5 Å². The first-order chi connectivity index (χ1) is 9.71. The third-order valence-corrected chi connectivity index (χ3v) is 3.08. The van der Waals surface area contributed by atoms with Crippen LogP contribution < -0.4 is 5.73 Å². The second kappa shape index (κ2) is 7.74. The quantitative estimate of drug-likeness (QED) is 0.316. The van der Waals surface area contributed by atoms with Crippen molar-refractivity contribution in [3.05, 3.63) is 0 Å². The highest BCUT2D eigenvalue weighted by Crippen LogP contribution is 2.45. The smallest absolute Gasteiger partial charge is 0.267 e. The van der Waals surface area contributed by atoms with Gasteiger partial charge < -0.3 is 0 Å². The Morgan fingerprint density at radius 1 is 0.545 bits per heavy atom. The van der Waals surface area contributed by atoms with Crippen molar-refractivity contribution < 1.29 is 39.5 Å². The van der Waals surface area contributed by atoms with Crippen molar-refractivity contribution in [2.24, 2.45) is 5.73 Å². The van der Waals surface area contributed by atoms with E-state index in [4.69, 9.17) is 0 Å². The predicted molar refractivity (Wildman–Crippen MR) is 62.0 cm³/mol. The molecule has 0 heterocycles. The number of hydrogen-bond donors (Lipinski definition) is 1. The first-order valence-corrected chi connectivity index (χ1v) is 6.70. The van der Waals surface area contributed by atoms with Crippen molar-refractivity contribution in [3.8, 4) is 0 Å². The van der Waals surface area contributed by atoms with E-state index < -0.39 is 43.3 Å². The van der Waals surface area contributed by atoms with Gasteiger partial charge in [0.05, 0.1) is 0 Å². The second-order valence-electron chi connectivity index (χ2n) is 5.14. The molecule has 2 N–H and O–H groups in total. The van der Waals surface area contributed by atoms with Gasteiger partial charge in [0.2, 0.25) is 0 Å². The molecule has 0 aromatic carbocycles. The van der Waals surface area contributed by atoms with E-state index in [9.17, 15) is 39.5 Å². The van der Waals surface area contributed by atoms with E-state index in [1.165, 1.54) is 0 Å². The Hall–Kier alpha value is -0.670. The fourth-order valence-corrected chi connectivity index (χ4v) is 1.78. The summed E-state index contributed by atoms with van der Waals surface area (Å²) < 4.78 is 111. The Balaban J connectivity index is 3.92. The lowest BCUT2D eigenvalue weighted by Gasteiger charge is -2.30. The zero-order chi connectivity index (χ0) is 17.7. The molecule has 10 heteroatoms. The SMILES string of the molecule is NC(F)(F)C(F)(F)C(F)(F)CCCCCCCCC(F)(F)F. The third kappa shape index (κ3) is 7.06. The van der Waals surface area contributed by atoms with Crippen molar-refractivity contribution in [2.45, 2.75) is 75.4 Å². The Kier molecular flexibility index (Phi) is 7.50. The fourth-order valence-electron chi connectivity index (χ4n) is 1.78. The van der Waals surface area contributed by atoms with Crippen LogP contribution in [0.5, 0.6) is 0 Å². The molecule has 0 aliphatic heterocycles. The number of halogens is 9. The van der Waals surface area contributed by atoms with E-state index in [1.54, 1.807) is 0 Å². The van der Waals surface area contributed by atoms with E-state index >= 15 is 0 Å². The second-order valence-corrected chi connectivity index (χ2v) is 5.14. The minimum atomic E-state index is -5.65. The van der Waals surface area contributed by atoms with Gasteiger partial charge in [0.25, 0.3) is 0 Å². The highest BCUT2D eigenvalue weighted by Gasteiger charge is 2.69. The van der Waals surface area contributed by atoms with Crippen molar-refractivity contribution in [3.63, 3.8) is 0 Å². The molecule has 0 aliphatic rings. The Bertz CT molecular complexity index is 320. The van der Waals surface area contributed by atoms with Gasteiger partial charge in [-0.15, -0.1) is 0 Å². The number of rotatable bonds is 10. The summed E-state index contributed by atoms with van der Waals surface area (Å²) in [5, 5.41) is 0. The molecule has 1 nitrogen and oxygen atoms in total. The first kappa shape index (κ1) is 21.3. The molecule has 0 aliphatic carbocycles. The number of unbranched alkanes of at least 4 members (excludes halogenated alkanes) is 5. The average Bonchev–Trinajstić information content (AvgIpc) is 2.29. The van der Waals surface area contributed by atoms with Crippen molar-refractivity contribution >= 4 is 0 Å². The van der Waals surface area contributed by atoms with Crippen molar-refractivity contribution in [2.75, 3.05) is 0 Å². The molecule has 0 fully saturated rings. The normalized spacial score (nSPS) is 14.5. The zero-order valence-corrected chi connectivity index (χ0v) is 11.6. The summed E-state index contributed by atoms with van der Waals surface area (Å²) in [5.74, 6) is -10.6. The molecular weight excluding hydrogens is 329 g/mol. The highest BCUT2D eigenvalue weighted by molar-refractivity contribution is 4.92. The Labute approximate surface area is 122 Å². The lowest BCUT2D eigenvalue weighted by atomic mass is 10.0. The lowest BCUT2D eigenvalue weighted by Crippen LogP contribution is -2.58. The average molecular weight is 347 g/mol. The molecule has 134 valence electrons. The van der Waals surface area contributed by atoms with E-state index in [1.807, 2.05) is 0 Å². The minimum Gasteiger partial charge on any atom is -0.267 e. The van der Waals surface area contributed by atoms with Crippen LogP contribution in [0.4, 0.5) is 39.5 Å². The number of hydrogen-bond acceptors (Lipinski definition) is 1. The molecule has 0 atom stereocenters. The van der Waals surface area contributed by atoms with Crippen LogP contribution in [0.1, 0.15) is 51.4 Å². The molecule has 0 unspecified atom stereocenters. The molecular formula is C12H18F9N. The predicted octanol–water partition coefficient (Wildman–Crippen LogP) is 5.49. The van der Waals surface area contributed by atoms with Crippen LogP contribution in [0.2, 0.25) is 0 Å². The molecule has 0 saturated carbocycles. The van der Waals surface area contributed by atoms with E-state index in [-0.39, 0.29) is 25.7 Å². The maximum atomic E-state index is 13.0. The Morgan fingerprint density at radius 2 is 0.909 bits per heavy atom. The summed E-state index contributed by atoms with van der Waals surface area (Å²) >= 11 is 0. The van der Waals surface area contributed by atoms with Gasteiger partial charge in [-0.25, -0.2) is 0 Å². The zero-order valence-electron chi connectivity index (χ0n) is 11.6. The molecule has 0 aromatic rings. The molecule has 0 amide bonds. The number of nitrogens with two attached hydrogens (primary N) is 1. The Morgan fingerprint density at radius 3 is 1.27 bits per heavy atom. The van der Waals surface area contributed by atoms with Gasteiger partial charge in [-0.1, -0.05) is 25.7 Å². The monoisotopic (exact) mass is 347 g/mol. The standard InChI is InChI=1S/C12H18F9N/c13-9(14,11(18,19)12(20,21)22)7-5-3-1-2-4-6-8-10(15,16)17/h1-8,22H2. The van der Waals surface area contributed by atoms with Gasteiger partial charge in [0.15, 0.2) is 0 Å². The van der Waals surface area contributed by atoms with Crippen LogP contribution in [0, 0.1) is 0 Å². The van der Waals surface area contributed by atoms with Gasteiger partial charge in [0, 0.05) is 12.8 Å². The van der Waals surface area contributed by atoms with Crippen LogP contribution in [-0.4, -0.2) is 24.1 Å². The molecule has 0 radical (unpaired) electrons. The van der Waals surface area contributed by atoms with Crippen LogP contribution in [-0.2, 0) is 0 Å². The van der Waals surface area contributed by atoms with Gasteiger partial charge in [0.1, 0.15) is 0 Å². The maximum Gasteiger partial charge on any atom is 0.389 e. The third-order valence-electron chi connectivity index (χ3n) is 3.08. The summed E-state index contributed by atoms with van der Waals surface area (Å²) in [6.45, 7) is 0. The molecule has 0 aromatic heterocycles. The van der Waals surface area contributed by atoms with Gasteiger partial charge in [-0.05, 0) is 12.8 Å². The van der Waals surface area contributed by atoms with Crippen LogP contribution in [0.15, 0.2) is 0 Å². The van der Waals surface area contributed by atoms with Crippen LogP contribution in [0.3, 0.4) is 0 Å². The maximum absolute atomic E-state index is 13.0. The molecule has 0 bridgehead atoms. The highest BCUT2D eigenvalue weighted by atomic mass is 19.4. The largest absolute Gasteiger partial charge is 0.389 e. The van der Waals surface area contributed by atoms with Gasteiger partial charge >= 0.3 is 24.1 Å². The van der Waals surface area contributed by atoms with Crippen LogP contribution >= 0.6 is 0 Å². The molecule has 0 saturated heterocycles. The summed E-state index contributed by atoms with van der Waals surface area (Å²) in [6, 6.07) is -5.33. The summed E-state index contributed by atoms with van der Waals surface area (Å²) in [6.07, 6.45) is -6.35. The van der Waals surface area contributed by atoms with E-state index in [0.29, 0.717) is 6.42 Å².